The SMILES string of the molecule is F[C@H]1CN(Sc2ccc(Cl)s2)CC[C@@H]1CS. The van der Waals surface area contributed by atoms with Crippen molar-refractivity contribution in [3.8, 4) is 0 Å². The van der Waals surface area contributed by atoms with Crippen LogP contribution in [0.2, 0.25) is 4.34 Å². The molecule has 0 unspecified atom stereocenters. The molecule has 0 radical (unpaired) electrons. The number of piperidine rings is 1. The van der Waals surface area contributed by atoms with Crippen LogP contribution < -0.4 is 0 Å². The monoisotopic (exact) mass is 297 g/mol. The van der Waals surface area contributed by atoms with Crippen molar-refractivity contribution >= 4 is 47.5 Å². The van der Waals surface area contributed by atoms with Crippen molar-refractivity contribution < 1.29 is 4.39 Å². The molecule has 0 bridgehead atoms. The summed E-state index contributed by atoms with van der Waals surface area (Å²) in [4.78, 5) is 0. The fourth-order valence-corrected chi connectivity index (χ4v) is 4.55. The molecule has 2 atom stereocenters. The minimum absolute atomic E-state index is 0.118. The first kappa shape index (κ1) is 13.0. The van der Waals surface area contributed by atoms with Gasteiger partial charge >= 0.3 is 0 Å². The van der Waals surface area contributed by atoms with E-state index in [-0.39, 0.29) is 5.92 Å². The lowest BCUT2D eigenvalue weighted by Crippen LogP contribution is -2.38. The second-order valence-electron chi connectivity index (χ2n) is 3.79. The van der Waals surface area contributed by atoms with Gasteiger partial charge in [0.2, 0.25) is 0 Å². The quantitative estimate of drug-likeness (QED) is 0.663. The zero-order valence-corrected chi connectivity index (χ0v) is 11.9. The Balaban J connectivity index is 1.88. The highest BCUT2D eigenvalue weighted by atomic mass is 35.5. The molecule has 0 N–H and O–H groups in total. The van der Waals surface area contributed by atoms with Crippen molar-refractivity contribution in [2.24, 2.45) is 5.92 Å². The van der Waals surface area contributed by atoms with E-state index in [9.17, 15) is 4.39 Å². The average molecular weight is 298 g/mol. The van der Waals surface area contributed by atoms with Gasteiger partial charge in [-0.1, -0.05) is 11.6 Å². The van der Waals surface area contributed by atoms with Crippen molar-refractivity contribution in [1.29, 1.82) is 0 Å². The summed E-state index contributed by atoms with van der Waals surface area (Å²) in [5.74, 6) is 0.761. The van der Waals surface area contributed by atoms with Crippen LogP contribution in [0.1, 0.15) is 6.42 Å². The zero-order chi connectivity index (χ0) is 11.5. The van der Waals surface area contributed by atoms with Gasteiger partial charge in [-0.05, 0) is 36.3 Å². The summed E-state index contributed by atoms with van der Waals surface area (Å²) in [6.07, 6.45) is 0.130. The first-order valence-corrected chi connectivity index (χ1v) is 7.72. The number of halogens is 2. The van der Waals surface area contributed by atoms with E-state index in [1.54, 1.807) is 11.9 Å². The number of alkyl halides is 1. The van der Waals surface area contributed by atoms with Crippen molar-refractivity contribution in [2.45, 2.75) is 16.8 Å². The van der Waals surface area contributed by atoms with Crippen LogP contribution in [0.25, 0.3) is 0 Å². The first-order chi connectivity index (χ1) is 7.69. The molecule has 1 aromatic heterocycles. The predicted molar refractivity (Wildman–Crippen MR) is 73.6 cm³/mol. The Morgan fingerprint density at radius 1 is 1.62 bits per heavy atom. The molecule has 16 heavy (non-hydrogen) atoms. The predicted octanol–water partition coefficient (Wildman–Crippen LogP) is 4.00. The maximum absolute atomic E-state index is 13.7. The third-order valence-corrected chi connectivity index (χ3v) is 5.52. The Kier molecular flexibility index (Phi) is 4.85. The summed E-state index contributed by atoms with van der Waals surface area (Å²) < 4.78 is 17.7. The zero-order valence-electron chi connectivity index (χ0n) is 8.60. The molecule has 2 rings (SSSR count). The van der Waals surface area contributed by atoms with E-state index >= 15 is 0 Å². The summed E-state index contributed by atoms with van der Waals surface area (Å²) in [6, 6.07) is 3.86. The number of thiophene rings is 1. The fourth-order valence-electron chi connectivity index (χ4n) is 1.69. The topological polar surface area (TPSA) is 3.24 Å². The molecule has 90 valence electrons. The summed E-state index contributed by atoms with van der Waals surface area (Å²) in [6.45, 7) is 1.41. The molecule has 1 nitrogen and oxygen atoms in total. The molecule has 0 aliphatic carbocycles. The van der Waals surface area contributed by atoms with Crippen LogP contribution in [0.5, 0.6) is 0 Å². The van der Waals surface area contributed by atoms with E-state index in [0.717, 1.165) is 21.5 Å². The maximum atomic E-state index is 13.7. The maximum Gasteiger partial charge on any atom is 0.117 e. The van der Waals surface area contributed by atoms with Gasteiger partial charge in [0, 0.05) is 19.0 Å². The molecule has 0 amide bonds. The van der Waals surface area contributed by atoms with Gasteiger partial charge in [-0.15, -0.1) is 11.3 Å². The van der Waals surface area contributed by atoms with Crippen molar-refractivity contribution in [2.75, 3.05) is 18.8 Å². The van der Waals surface area contributed by atoms with Crippen LogP contribution in [0, 0.1) is 5.92 Å². The van der Waals surface area contributed by atoms with Crippen molar-refractivity contribution in [3.05, 3.63) is 16.5 Å². The van der Waals surface area contributed by atoms with E-state index in [1.165, 1.54) is 11.3 Å². The second kappa shape index (κ2) is 5.96. The summed E-state index contributed by atoms with van der Waals surface area (Å²) in [7, 11) is 0. The summed E-state index contributed by atoms with van der Waals surface area (Å²) in [5, 5.41) is 0. The number of nitrogens with zero attached hydrogens (tertiary/aromatic N) is 1. The van der Waals surface area contributed by atoms with Gasteiger partial charge in [0.05, 0.1) is 8.55 Å². The normalized spacial score (nSPS) is 27.2. The molecule has 2 heterocycles. The van der Waals surface area contributed by atoms with Crippen LogP contribution >= 0.6 is 47.5 Å². The van der Waals surface area contributed by atoms with Crippen molar-refractivity contribution in [1.82, 2.24) is 4.31 Å². The fraction of sp³-hybridized carbons (Fsp3) is 0.600. The molecule has 1 aliphatic rings. The largest absolute Gasteiger partial charge is 0.246 e. The lowest BCUT2D eigenvalue weighted by molar-refractivity contribution is 0.154. The third kappa shape index (κ3) is 3.29. The number of hydrogen-bond donors (Lipinski definition) is 1. The molecule has 1 aliphatic heterocycles. The molecular weight excluding hydrogens is 285 g/mol. The highest BCUT2D eigenvalue weighted by molar-refractivity contribution is 7.99. The second-order valence-corrected chi connectivity index (χ2v) is 7.26. The van der Waals surface area contributed by atoms with Gasteiger partial charge in [0.15, 0.2) is 0 Å². The Morgan fingerprint density at radius 3 is 3.00 bits per heavy atom. The lowest BCUT2D eigenvalue weighted by atomic mass is 9.98. The van der Waals surface area contributed by atoms with Gasteiger partial charge in [0.25, 0.3) is 0 Å². The van der Waals surface area contributed by atoms with Crippen LogP contribution in [-0.4, -0.2) is 29.3 Å². The number of rotatable bonds is 3. The Bertz CT molecular complexity index is 347. The van der Waals surface area contributed by atoms with Crippen LogP contribution in [0.4, 0.5) is 4.39 Å². The molecule has 1 saturated heterocycles. The molecule has 6 heteroatoms. The Hall–Kier alpha value is 0.580. The lowest BCUT2D eigenvalue weighted by Gasteiger charge is -2.32. The van der Waals surface area contributed by atoms with Crippen LogP contribution in [0.15, 0.2) is 16.3 Å². The van der Waals surface area contributed by atoms with Gasteiger partial charge in [0.1, 0.15) is 6.17 Å². The van der Waals surface area contributed by atoms with Crippen LogP contribution in [-0.2, 0) is 0 Å². The highest BCUT2D eigenvalue weighted by Gasteiger charge is 2.28. The third-order valence-electron chi connectivity index (χ3n) is 2.64. The van der Waals surface area contributed by atoms with Gasteiger partial charge in [-0.2, -0.15) is 12.6 Å². The summed E-state index contributed by atoms with van der Waals surface area (Å²) in [5.41, 5.74) is 0. The highest BCUT2D eigenvalue weighted by Crippen LogP contribution is 2.35. The minimum Gasteiger partial charge on any atom is -0.246 e. The molecule has 1 fully saturated rings. The molecule has 0 saturated carbocycles. The van der Waals surface area contributed by atoms with E-state index in [0.29, 0.717) is 12.3 Å². The molecule has 0 spiro atoms. The number of hydrogen-bond acceptors (Lipinski definition) is 4. The van der Waals surface area contributed by atoms with E-state index in [2.05, 4.69) is 16.9 Å². The first-order valence-electron chi connectivity index (χ1n) is 5.12. The van der Waals surface area contributed by atoms with Gasteiger partial charge in [-0.25, -0.2) is 8.70 Å². The molecular formula is C10H13ClFNS3. The average Bonchev–Trinajstić information content (AvgIpc) is 2.64. The smallest absolute Gasteiger partial charge is 0.117 e. The van der Waals surface area contributed by atoms with Gasteiger partial charge in [-0.3, -0.25) is 0 Å². The summed E-state index contributed by atoms with van der Waals surface area (Å²) >= 11 is 13.2. The standard InChI is InChI=1S/C10H13ClFNS3/c11-9-1-2-10(15-9)16-13-4-3-7(6-14)8(12)5-13/h1-2,7-8,14H,3-6H2/t7-,8+/m1/s1. The van der Waals surface area contributed by atoms with Crippen LogP contribution in [0.3, 0.4) is 0 Å². The van der Waals surface area contributed by atoms with Crippen molar-refractivity contribution in [3.63, 3.8) is 0 Å². The molecule has 0 aromatic carbocycles. The van der Waals surface area contributed by atoms with E-state index in [1.807, 2.05) is 12.1 Å². The molecule has 1 aromatic rings. The Labute approximate surface area is 114 Å². The van der Waals surface area contributed by atoms with E-state index in [4.69, 9.17) is 11.6 Å². The minimum atomic E-state index is -0.755. The Morgan fingerprint density at radius 2 is 2.44 bits per heavy atom. The van der Waals surface area contributed by atoms with E-state index < -0.39 is 6.17 Å². The van der Waals surface area contributed by atoms with Gasteiger partial charge < -0.3 is 0 Å². The number of thiol groups is 1.